The molecule has 0 amide bonds. The van der Waals surface area contributed by atoms with Crippen molar-refractivity contribution < 1.29 is 10.0 Å². The molecule has 0 fully saturated rings. The average Bonchev–Trinajstić information content (AvgIpc) is 3.14. The van der Waals surface area contributed by atoms with Crippen LogP contribution < -0.4 is 5.11 Å². The molecule has 0 radical (unpaired) electrons. The zero-order chi connectivity index (χ0) is 19.7. The highest BCUT2D eigenvalue weighted by molar-refractivity contribution is 5.82. The molecule has 0 aliphatic rings. The van der Waals surface area contributed by atoms with Gasteiger partial charge in [0.1, 0.15) is 5.82 Å². The van der Waals surface area contributed by atoms with Gasteiger partial charge in [0.2, 0.25) is 0 Å². The van der Waals surface area contributed by atoms with Crippen LogP contribution in [0, 0.1) is 17.0 Å². The number of nitrogens with zero attached hydrogens (tertiary/aromatic N) is 2. The summed E-state index contributed by atoms with van der Waals surface area (Å²) in [5.74, 6) is -0.0162. The van der Waals surface area contributed by atoms with Crippen LogP contribution in [0.5, 0.6) is 5.75 Å². The Morgan fingerprint density at radius 1 is 0.929 bits per heavy atom. The highest BCUT2D eigenvalue weighted by atomic mass is 16.6. The molecular formula is C22H16N3O3-. The van der Waals surface area contributed by atoms with Crippen LogP contribution in [0.15, 0.2) is 72.8 Å². The molecule has 3 aromatic carbocycles. The third-order valence-corrected chi connectivity index (χ3v) is 4.52. The molecular weight excluding hydrogens is 354 g/mol. The topological polar surface area (TPSA) is 94.9 Å². The number of aryl methyl sites for hydroxylation is 1. The van der Waals surface area contributed by atoms with Crippen LogP contribution in [-0.4, -0.2) is 14.9 Å². The Balaban J connectivity index is 1.92. The van der Waals surface area contributed by atoms with Gasteiger partial charge < -0.3 is 10.1 Å². The van der Waals surface area contributed by atoms with Gasteiger partial charge in [0.05, 0.1) is 16.3 Å². The number of rotatable bonds is 4. The predicted molar refractivity (Wildman–Crippen MR) is 106 cm³/mol. The monoisotopic (exact) mass is 370 g/mol. The minimum absolute atomic E-state index is 0.149. The van der Waals surface area contributed by atoms with Crippen molar-refractivity contribution in [1.82, 2.24) is 9.97 Å². The number of aromatic amines is 1. The van der Waals surface area contributed by atoms with Gasteiger partial charge in [-0.3, -0.25) is 10.1 Å². The minimum atomic E-state index is -0.523. The molecule has 28 heavy (non-hydrogen) atoms. The van der Waals surface area contributed by atoms with E-state index in [1.54, 1.807) is 0 Å². The summed E-state index contributed by atoms with van der Waals surface area (Å²) >= 11 is 0. The fraction of sp³-hybridized carbons (Fsp3) is 0.0455. The lowest BCUT2D eigenvalue weighted by Gasteiger charge is -2.10. The number of hydrogen-bond acceptors (Lipinski definition) is 4. The molecule has 0 bridgehead atoms. The Bertz CT molecular complexity index is 1150. The maximum atomic E-state index is 12.4. The van der Waals surface area contributed by atoms with Gasteiger partial charge in [-0.05, 0) is 6.92 Å². The first-order valence-corrected chi connectivity index (χ1v) is 8.71. The second-order valence-electron chi connectivity index (χ2n) is 6.48. The zero-order valence-electron chi connectivity index (χ0n) is 15.0. The first-order valence-electron chi connectivity index (χ1n) is 8.71. The van der Waals surface area contributed by atoms with Crippen LogP contribution in [0.3, 0.4) is 0 Å². The number of non-ortho nitro benzene ring substituents is 1. The number of nitrogens with one attached hydrogen (secondary N) is 1. The Labute approximate surface area is 161 Å². The van der Waals surface area contributed by atoms with Crippen LogP contribution in [-0.2, 0) is 0 Å². The number of imidazole rings is 1. The standard InChI is InChI=1S/C22H17N3O3/c1-14-7-9-16(10-8-14)21-20(15-5-3-2-4-6-15)23-22(24-21)18-13-17(25(27)28)11-12-19(18)26/h2-13,26H,1H3,(H,23,24)/p-1. The molecule has 0 spiro atoms. The van der Waals surface area contributed by atoms with Crippen LogP contribution in [0.4, 0.5) is 5.69 Å². The lowest BCUT2D eigenvalue weighted by Crippen LogP contribution is -1.96. The third-order valence-electron chi connectivity index (χ3n) is 4.52. The van der Waals surface area contributed by atoms with E-state index < -0.39 is 4.92 Å². The molecule has 1 aromatic heterocycles. The number of nitro benzene ring substituents is 1. The molecule has 0 aliphatic carbocycles. The highest BCUT2D eigenvalue weighted by Crippen LogP contribution is 2.36. The summed E-state index contributed by atoms with van der Waals surface area (Å²) in [5, 5.41) is 23.5. The first kappa shape index (κ1) is 17.5. The Kier molecular flexibility index (Phi) is 4.37. The van der Waals surface area contributed by atoms with E-state index in [1.165, 1.54) is 18.2 Å². The Morgan fingerprint density at radius 3 is 2.32 bits per heavy atom. The van der Waals surface area contributed by atoms with Gasteiger partial charge in [-0.2, -0.15) is 0 Å². The van der Waals surface area contributed by atoms with E-state index in [9.17, 15) is 15.2 Å². The molecule has 4 aromatic rings. The zero-order valence-corrected chi connectivity index (χ0v) is 15.0. The second kappa shape index (κ2) is 7.00. The average molecular weight is 370 g/mol. The highest BCUT2D eigenvalue weighted by Gasteiger charge is 2.17. The summed E-state index contributed by atoms with van der Waals surface area (Å²) in [6.45, 7) is 2.01. The van der Waals surface area contributed by atoms with Crippen molar-refractivity contribution in [2.75, 3.05) is 0 Å². The first-order chi connectivity index (χ1) is 13.5. The van der Waals surface area contributed by atoms with Crippen LogP contribution >= 0.6 is 0 Å². The summed E-state index contributed by atoms with van der Waals surface area (Å²) in [4.78, 5) is 18.4. The van der Waals surface area contributed by atoms with Crippen LogP contribution in [0.2, 0.25) is 0 Å². The normalized spacial score (nSPS) is 10.8. The van der Waals surface area contributed by atoms with Gasteiger partial charge in [-0.1, -0.05) is 72.0 Å². The number of H-pyrrole nitrogens is 1. The van der Waals surface area contributed by atoms with Gasteiger partial charge in [0, 0.05) is 28.8 Å². The number of benzene rings is 3. The van der Waals surface area contributed by atoms with Crippen LogP contribution in [0.25, 0.3) is 33.9 Å². The summed E-state index contributed by atoms with van der Waals surface area (Å²) in [7, 11) is 0. The van der Waals surface area contributed by atoms with Crippen LogP contribution in [0.1, 0.15) is 5.56 Å². The van der Waals surface area contributed by atoms with Crippen molar-refractivity contribution in [1.29, 1.82) is 0 Å². The third kappa shape index (κ3) is 3.23. The van der Waals surface area contributed by atoms with Gasteiger partial charge in [-0.25, -0.2) is 4.98 Å². The van der Waals surface area contributed by atoms with Gasteiger partial charge in [0.15, 0.2) is 0 Å². The molecule has 6 nitrogen and oxygen atoms in total. The molecule has 1 heterocycles. The van der Waals surface area contributed by atoms with E-state index in [2.05, 4.69) is 9.97 Å². The van der Waals surface area contributed by atoms with E-state index >= 15 is 0 Å². The van der Waals surface area contributed by atoms with E-state index in [0.717, 1.165) is 22.4 Å². The van der Waals surface area contributed by atoms with Crippen molar-refractivity contribution in [3.05, 3.63) is 88.5 Å². The predicted octanol–water partition coefficient (Wildman–Crippen LogP) is 4.70. The van der Waals surface area contributed by atoms with Crippen molar-refractivity contribution in [2.45, 2.75) is 6.92 Å². The number of aromatic nitrogens is 2. The molecule has 6 heteroatoms. The van der Waals surface area contributed by atoms with Gasteiger partial charge >= 0.3 is 0 Å². The molecule has 0 unspecified atom stereocenters. The quantitative estimate of drug-likeness (QED) is 0.416. The SMILES string of the molecule is Cc1ccc(-c2[nH]c(-c3cc([N+](=O)[O-])ccc3[O-])nc2-c2ccccc2)cc1. The van der Waals surface area contributed by atoms with Crippen molar-refractivity contribution >= 4 is 5.69 Å². The summed E-state index contributed by atoms with van der Waals surface area (Å²) in [6.07, 6.45) is 0. The van der Waals surface area contributed by atoms with Crippen molar-refractivity contribution in [3.63, 3.8) is 0 Å². The lowest BCUT2D eigenvalue weighted by molar-refractivity contribution is -0.385. The Hall–Kier alpha value is -3.93. The van der Waals surface area contributed by atoms with Crippen molar-refractivity contribution in [2.24, 2.45) is 0 Å². The van der Waals surface area contributed by atoms with E-state index in [1.807, 2.05) is 61.5 Å². The summed E-state index contributed by atoms with van der Waals surface area (Å²) in [6, 6.07) is 21.2. The largest absolute Gasteiger partial charge is 0.872 e. The lowest BCUT2D eigenvalue weighted by atomic mass is 10.0. The van der Waals surface area contributed by atoms with E-state index in [-0.39, 0.29) is 17.0 Å². The minimum Gasteiger partial charge on any atom is -0.872 e. The maximum Gasteiger partial charge on any atom is 0.270 e. The summed E-state index contributed by atoms with van der Waals surface area (Å²) < 4.78 is 0. The van der Waals surface area contributed by atoms with E-state index in [4.69, 9.17) is 0 Å². The van der Waals surface area contributed by atoms with Gasteiger partial charge in [-0.15, -0.1) is 0 Å². The fourth-order valence-corrected chi connectivity index (χ4v) is 3.05. The molecule has 0 atom stereocenters. The van der Waals surface area contributed by atoms with Crippen molar-refractivity contribution in [3.8, 4) is 39.7 Å². The molecule has 1 N–H and O–H groups in total. The smallest absolute Gasteiger partial charge is 0.270 e. The summed E-state index contributed by atoms with van der Waals surface area (Å²) in [5.41, 5.74) is 4.40. The second-order valence-corrected chi connectivity index (χ2v) is 6.48. The molecule has 0 saturated carbocycles. The van der Waals surface area contributed by atoms with Gasteiger partial charge in [0.25, 0.3) is 5.69 Å². The molecule has 0 saturated heterocycles. The van der Waals surface area contributed by atoms with E-state index in [0.29, 0.717) is 11.5 Å². The Morgan fingerprint density at radius 2 is 1.64 bits per heavy atom. The molecule has 138 valence electrons. The number of hydrogen-bond donors (Lipinski definition) is 1. The fourth-order valence-electron chi connectivity index (χ4n) is 3.05. The molecule has 0 aliphatic heterocycles. The maximum absolute atomic E-state index is 12.4. The number of nitro groups is 1. The molecule has 4 rings (SSSR count).